The summed E-state index contributed by atoms with van der Waals surface area (Å²) in [7, 11) is 0. The highest BCUT2D eigenvalue weighted by atomic mass is 32.1. The van der Waals surface area contributed by atoms with Gasteiger partial charge in [0.15, 0.2) is 0 Å². The summed E-state index contributed by atoms with van der Waals surface area (Å²) in [5, 5.41) is 8.77. The highest BCUT2D eigenvalue weighted by Gasteiger charge is 2.21. The van der Waals surface area contributed by atoms with E-state index in [1.165, 1.54) is 103 Å². The summed E-state index contributed by atoms with van der Waals surface area (Å²) in [5.74, 6) is 1.09. The summed E-state index contributed by atoms with van der Waals surface area (Å²) in [6.07, 6.45) is 6.49. The molecule has 13 rings (SSSR count). The van der Waals surface area contributed by atoms with Crippen LogP contribution in [0.1, 0.15) is 17.7 Å². The lowest BCUT2D eigenvalue weighted by Gasteiger charge is -2.13. The van der Waals surface area contributed by atoms with Gasteiger partial charge in [-0.2, -0.15) is 0 Å². The van der Waals surface area contributed by atoms with Crippen molar-refractivity contribution in [3.63, 3.8) is 0 Å². The SMILES string of the molecule is C1=Cc2c(oc3ccc(-c4cc(-n5c6ccccc6c6ccc(-c7ccc8c(c7)c7ccccc7n8-c7ccccc7)cc65)cc5c4sc4ccccc45)cc23)CC1. The Morgan fingerprint density at radius 1 is 0.448 bits per heavy atom. The molecule has 0 atom stereocenters. The lowest BCUT2D eigenvalue weighted by Crippen LogP contribution is -1.95. The highest BCUT2D eigenvalue weighted by molar-refractivity contribution is 7.26. The van der Waals surface area contributed by atoms with E-state index in [1.54, 1.807) is 0 Å². The van der Waals surface area contributed by atoms with Crippen molar-refractivity contribution in [2.75, 3.05) is 0 Å². The lowest BCUT2D eigenvalue weighted by molar-refractivity contribution is 0.546. The van der Waals surface area contributed by atoms with Crippen LogP contribution in [0.5, 0.6) is 0 Å². The van der Waals surface area contributed by atoms with Crippen LogP contribution in [-0.2, 0) is 6.42 Å². The maximum atomic E-state index is 6.36. The molecule has 0 N–H and O–H groups in total. The van der Waals surface area contributed by atoms with Gasteiger partial charge >= 0.3 is 0 Å². The summed E-state index contributed by atoms with van der Waals surface area (Å²) < 4.78 is 13.8. The minimum atomic E-state index is 0.951. The highest BCUT2D eigenvalue weighted by Crippen LogP contribution is 2.45. The van der Waals surface area contributed by atoms with E-state index in [2.05, 4.69) is 191 Å². The molecule has 4 aromatic heterocycles. The third kappa shape index (κ3) is 4.61. The fourth-order valence-corrected chi connectivity index (χ4v) is 10.9. The van der Waals surface area contributed by atoms with Crippen molar-refractivity contribution in [3.05, 3.63) is 187 Å². The van der Waals surface area contributed by atoms with Gasteiger partial charge in [0, 0.05) is 76.0 Å². The number of hydrogen-bond acceptors (Lipinski definition) is 2. The third-order valence-corrected chi connectivity index (χ3v) is 13.6. The molecule has 8 aromatic carbocycles. The predicted molar refractivity (Wildman–Crippen MR) is 246 cm³/mol. The average Bonchev–Trinajstić information content (AvgIpc) is 4.03. The molecule has 58 heavy (non-hydrogen) atoms. The molecule has 0 amide bonds. The largest absolute Gasteiger partial charge is 0.460 e. The van der Waals surface area contributed by atoms with Gasteiger partial charge in [0.25, 0.3) is 0 Å². The van der Waals surface area contributed by atoms with Crippen LogP contribution >= 0.6 is 11.3 Å². The molecule has 12 aromatic rings. The molecule has 272 valence electrons. The number of aromatic nitrogens is 2. The van der Waals surface area contributed by atoms with Crippen LogP contribution in [0.15, 0.2) is 180 Å². The maximum Gasteiger partial charge on any atom is 0.134 e. The Kier molecular flexibility index (Phi) is 6.72. The van der Waals surface area contributed by atoms with Gasteiger partial charge in [-0.25, -0.2) is 0 Å². The van der Waals surface area contributed by atoms with Gasteiger partial charge < -0.3 is 13.6 Å². The van der Waals surface area contributed by atoms with E-state index < -0.39 is 0 Å². The van der Waals surface area contributed by atoms with Crippen molar-refractivity contribution >= 4 is 92.2 Å². The second-order valence-electron chi connectivity index (χ2n) is 15.6. The number of nitrogens with zero attached hydrogens (tertiary/aromatic N) is 2. The number of fused-ring (bicyclic) bond motifs is 12. The van der Waals surface area contributed by atoms with Crippen molar-refractivity contribution in [1.82, 2.24) is 9.13 Å². The molecule has 4 heteroatoms. The van der Waals surface area contributed by atoms with E-state index in [0.717, 1.165) is 29.9 Å². The molecule has 0 spiro atoms. The molecule has 0 fully saturated rings. The molecule has 0 aliphatic heterocycles. The van der Waals surface area contributed by atoms with Crippen molar-refractivity contribution in [1.29, 1.82) is 0 Å². The van der Waals surface area contributed by atoms with E-state index in [9.17, 15) is 0 Å². The van der Waals surface area contributed by atoms with Crippen molar-refractivity contribution in [3.8, 4) is 33.6 Å². The fraction of sp³-hybridized carbons (Fsp3) is 0.0370. The second kappa shape index (κ2) is 12.2. The minimum Gasteiger partial charge on any atom is -0.460 e. The number of para-hydroxylation sites is 3. The molecule has 1 aliphatic rings. The first kappa shape index (κ1) is 32.0. The number of rotatable bonds is 4. The summed E-state index contributed by atoms with van der Waals surface area (Å²) in [6.45, 7) is 0. The van der Waals surface area contributed by atoms with Crippen LogP contribution in [0.3, 0.4) is 0 Å². The number of allylic oxidation sites excluding steroid dienone is 1. The van der Waals surface area contributed by atoms with Gasteiger partial charge in [-0.3, -0.25) is 0 Å². The molecule has 0 saturated carbocycles. The molecule has 4 heterocycles. The van der Waals surface area contributed by atoms with E-state index in [4.69, 9.17) is 4.42 Å². The fourth-order valence-electron chi connectivity index (χ4n) is 9.71. The molecule has 0 bridgehead atoms. The van der Waals surface area contributed by atoms with Gasteiger partial charge in [-0.05, 0) is 95.9 Å². The van der Waals surface area contributed by atoms with Gasteiger partial charge in [0.1, 0.15) is 11.3 Å². The van der Waals surface area contributed by atoms with Crippen LogP contribution in [0.25, 0.3) is 114 Å². The number of thiophene rings is 1. The van der Waals surface area contributed by atoms with E-state index in [-0.39, 0.29) is 0 Å². The lowest BCUT2D eigenvalue weighted by atomic mass is 9.97. The topological polar surface area (TPSA) is 23.0 Å². The van der Waals surface area contributed by atoms with Crippen LogP contribution < -0.4 is 0 Å². The zero-order chi connectivity index (χ0) is 37.9. The summed E-state index contributed by atoms with van der Waals surface area (Å²) >= 11 is 1.89. The van der Waals surface area contributed by atoms with E-state index >= 15 is 0 Å². The number of furan rings is 1. The average molecular weight is 759 g/mol. The number of hydrogen-bond donors (Lipinski definition) is 0. The summed E-state index contributed by atoms with van der Waals surface area (Å²) in [5.41, 5.74) is 14.2. The maximum absolute atomic E-state index is 6.36. The molecule has 0 saturated heterocycles. The van der Waals surface area contributed by atoms with E-state index in [0.29, 0.717) is 0 Å². The first-order valence-electron chi connectivity index (χ1n) is 20.1. The third-order valence-electron chi connectivity index (χ3n) is 12.4. The standard InChI is InChI=1S/C54H34N2OS/c1-2-12-36(13-3-1)55-48-19-9-5-15-39(48)44-28-33(23-26-49(44)55)34-22-25-40-38-14-4-8-18-47(38)56(50(40)30-34)37-31-43(54-46(32-37)42-17-7-11-21-53(42)58-54)35-24-27-52-45(29-35)41-16-6-10-20-51(41)57-52/h1-9,11-19,21-32H,10,20H2. The molecular weight excluding hydrogens is 725 g/mol. The first-order valence-corrected chi connectivity index (χ1v) is 20.9. The Balaban J connectivity index is 1.05. The smallest absolute Gasteiger partial charge is 0.134 e. The van der Waals surface area contributed by atoms with Crippen molar-refractivity contribution < 1.29 is 4.42 Å². The summed E-state index contributed by atoms with van der Waals surface area (Å²) in [6, 6.07) is 62.7. The van der Waals surface area contributed by atoms with Gasteiger partial charge in [-0.15, -0.1) is 11.3 Å². The zero-order valence-corrected chi connectivity index (χ0v) is 32.3. The number of aryl methyl sites for hydroxylation is 1. The molecule has 0 unspecified atom stereocenters. The first-order chi connectivity index (χ1) is 28.7. The van der Waals surface area contributed by atoms with Crippen molar-refractivity contribution in [2.24, 2.45) is 0 Å². The Morgan fingerprint density at radius 2 is 1.10 bits per heavy atom. The Labute approximate surface area is 337 Å². The predicted octanol–water partition coefficient (Wildman–Crippen LogP) is 15.3. The molecular formula is C54H34N2OS. The minimum absolute atomic E-state index is 0.951. The van der Waals surface area contributed by atoms with Crippen LogP contribution in [0.2, 0.25) is 0 Å². The van der Waals surface area contributed by atoms with Gasteiger partial charge in [-0.1, -0.05) is 109 Å². The van der Waals surface area contributed by atoms with Crippen LogP contribution in [0.4, 0.5) is 0 Å². The van der Waals surface area contributed by atoms with Gasteiger partial charge in [0.2, 0.25) is 0 Å². The molecule has 0 radical (unpaired) electrons. The van der Waals surface area contributed by atoms with Crippen LogP contribution in [0, 0.1) is 0 Å². The normalized spacial score (nSPS) is 13.0. The van der Waals surface area contributed by atoms with Crippen molar-refractivity contribution in [2.45, 2.75) is 12.8 Å². The quantitative estimate of drug-likeness (QED) is 0.175. The number of benzene rings is 8. The Hall–Kier alpha value is -7.14. The summed E-state index contributed by atoms with van der Waals surface area (Å²) in [4.78, 5) is 0. The van der Waals surface area contributed by atoms with E-state index in [1.807, 2.05) is 11.3 Å². The molecule has 3 nitrogen and oxygen atoms in total. The Bertz CT molecular complexity index is 3680. The van der Waals surface area contributed by atoms with Crippen LogP contribution in [-0.4, -0.2) is 9.13 Å². The van der Waals surface area contributed by atoms with Gasteiger partial charge in [0.05, 0.1) is 22.1 Å². The monoisotopic (exact) mass is 758 g/mol. The zero-order valence-electron chi connectivity index (χ0n) is 31.4. The molecule has 1 aliphatic carbocycles. The second-order valence-corrected chi connectivity index (χ2v) is 16.6. The Morgan fingerprint density at radius 3 is 1.97 bits per heavy atom.